The molecule has 1 saturated carbocycles. The molecule has 0 bridgehead atoms. The number of benzene rings is 1. The van der Waals surface area contributed by atoms with Crippen LogP contribution in [0.5, 0.6) is 0 Å². The van der Waals surface area contributed by atoms with E-state index in [2.05, 4.69) is 10.3 Å². The third kappa shape index (κ3) is 3.30. The molecule has 0 spiro atoms. The molecule has 1 aromatic carbocycles. The number of amides is 1. The molecule has 1 aromatic heterocycles. The van der Waals surface area contributed by atoms with Gasteiger partial charge in [-0.1, -0.05) is 37.5 Å². The molecule has 2 aromatic rings. The number of hydrogen-bond acceptors (Lipinski definition) is 2. The van der Waals surface area contributed by atoms with Gasteiger partial charge in [-0.25, -0.2) is 0 Å². The molecule has 0 radical (unpaired) electrons. The number of carbonyl (C=O) groups excluding carboxylic acids is 1. The minimum Gasteiger partial charge on any atom is -0.349 e. The summed E-state index contributed by atoms with van der Waals surface area (Å²) in [6.45, 7) is 0. The standard InChI is InChI=1S/C17H17F3N2O/c18-17(19,20)15-12-8-4-5-9-14(12)21-10-13(15)16(23)22-11-6-2-1-3-7-11/h4-5,8-11H,1-3,6-7H2,(H,22,23). The first-order valence-corrected chi connectivity index (χ1v) is 7.72. The predicted octanol–water partition coefficient (Wildman–Crippen LogP) is 4.32. The van der Waals surface area contributed by atoms with Crippen molar-refractivity contribution >= 4 is 16.8 Å². The largest absolute Gasteiger partial charge is 0.417 e. The van der Waals surface area contributed by atoms with E-state index >= 15 is 0 Å². The molecule has 3 nitrogen and oxygen atoms in total. The summed E-state index contributed by atoms with van der Waals surface area (Å²) in [5.41, 5.74) is -1.08. The van der Waals surface area contributed by atoms with Crippen LogP contribution in [-0.2, 0) is 6.18 Å². The molecule has 1 fully saturated rings. The van der Waals surface area contributed by atoms with Gasteiger partial charge in [-0.3, -0.25) is 9.78 Å². The van der Waals surface area contributed by atoms with Crippen LogP contribution in [0.4, 0.5) is 13.2 Å². The summed E-state index contributed by atoms with van der Waals surface area (Å²) >= 11 is 0. The number of alkyl halides is 3. The first kappa shape index (κ1) is 15.8. The normalized spacial score (nSPS) is 16.5. The maximum Gasteiger partial charge on any atom is 0.417 e. The van der Waals surface area contributed by atoms with Crippen molar-refractivity contribution < 1.29 is 18.0 Å². The zero-order valence-corrected chi connectivity index (χ0v) is 12.5. The molecule has 0 unspecified atom stereocenters. The summed E-state index contributed by atoms with van der Waals surface area (Å²) in [4.78, 5) is 16.4. The lowest BCUT2D eigenvalue weighted by Gasteiger charge is -2.23. The van der Waals surface area contributed by atoms with Crippen LogP contribution in [0.2, 0.25) is 0 Å². The highest BCUT2D eigenvalue weighted by atomic mass is 19.4. The summed E-state index contributed by atoms with van der Waals surface area (Å²) in [6.07, 6.45) is 1.14. The van der Waals surface area contributed by atoms with Crippen LogP contribution in [0.1, 0.15) is 48.0 Å². The van der Waals surface area contributed by atoms with E-state index in [4.69, 9.17) is 0 Å². The fraction of sp³-hybridized carbons (Fsp3) is 0.412. The summed E-state index contributed by atoms with van der Waals surface area (Å²) < 4.78 is 40.5. The van der Waals surface area contributed by atoms with E-state index in [0.29, 0.717) is 0 Å². The maximum absolute atomic E-state index is 13.5. The van der Waals surface area contributed by atoms with Gasteiger partial charge >= 0.3 is 6.18 Å². The minimum atomic E-state index is -4.61. The average molecular weight is 322 g/mol. The van der Waals surface area contributed by atoms with Crippen LogP contribution in [0.3, 0.4) is 0 Å². The molecule has 1 aliphatic carbocycles. The monoisotopic (exact) mass is 322 g/mol. The van der Waals surface area contributed by atoms with Crippen molar-refractivity contribution in [3.05, 3.63) is 41.6 Å². The van der Waals surface area contributed by atoms with Crippen LogP contribution in [0, 0.1) is 0 Å². The molecular formula is C17H17F3N2O. The van der Waals surface area contributed by atoms with Crippen LogP contribution < -0.4 is 5.32 Å². The van der Waals surface area contributed by atoms with Gasteiger partial charge in [0.1, 0.15) is 0 Å². The van der Waals surface area contributed by atoms with E-state index < -0.39 is 23.2 Å². The predicted molar refractivity (Wildman–Crippen MR) is 81.1 cm³/mol. The van der Waals surface area contributed by atoms with E-state index in [1.807, 2.05) is 0 Å². The van der Waals surface area contributed by atoms with Crippen molar-refractivity contribution in [2.24, 2.45) is 0 Å². The van der Waals surface area contributed by atoms with Crippen LogP contribution in [-0.4, -0.2) is 16.9 Å². The number of halogens is 3. The van der Waals surface area contributed by atoms with Crippen molar-refractivity contribution in [2.75, 3.05) is 0 Å². The Bertz CT molecular complexity index is 721. The Morgan fingerprint density at radius 2 is 1.83 bits per heavy atom. The summed E-state index contributed by atoms with van der Waals surface area (Å²) in [5.74, 6) is -0.692. The van der Waals surface area contributed by atoms with Crippen LogP contribution in [0.15, 0.2) is 30.5 Å². The summed E-state index contributed by atoms with van der Waals surface area (Å²) in [7, 11) is 0. The van der Waals surface area contributed by atoms with Gasteiger partial charge in [0.25, 0.3) is 5.91 Å². The number of nitrogens with one attached hydrogen (secondary N) is 1. The minimum absolute atomic E-state index is 0.0451. The SMILES string of the molecule is O=C(NC1CCCCC1)c1cnc2ccccc2c1C(F)(F)F. The quantitative estimate of drug-likeness (QED) is 0.895. The van der Waals surface area contributed by atoms with Crippen molar-refractivity contribution in [3.8, 4) is 0 Å². The molecule has 23 heavy (non-hydrogen) atoms. The Labute approximate surface area is 131 Å². The van der Waals surface area contributed by atoms with Crippen LogP contribution >= 0.6 is 0 Å². The van der Waals surface area contributed by atoms with Gasteiger partial charge in [-0.15, -0.1) is 0 Å². The summed E-state index contributed by atoms with van der Waals surface area (Å²) in [5, 5.41) is 2.69. The lowest BCUT2D eigenvalue weighted by Crippen LogP contribution is -2.37. The zero-order chi connectivity index (χ0) is 16.4. The Kier molecular flexibility index (Phi) is 4.24. The van der Waals surface area contributed by atoms with Crippen molar-refractivity contribution in [3.63, 3.8) is 0 Å². The molecule has 1 aliphatic rings. The van der Waals surface area contributed by atoms with E-state index in [1.165, 1.54) is 18.2 Å². The molecule has 0 saturated heterocycles. The Hall–Kier alpha value is -2.11. The fourth-order valence-electron chi connectivity index (χ4n) is 3.13. The van der Waals surface area contributed by atoms with Crippen molar-refractivity contribution in [1.82, 2.24) is 10.3 Å². The van der Waals surface area contributed by atoms with Crippen molar-refractivity contribution in [2.45, 2.75) is 44.3 Å². The molecule has 6 heteroatoms. The second-order valence-electron chi connectivity index (χ2n) is 5.87. The fourth-order valence-corrected chi connectivity index (χ4v) is 3.13. The smallest absolute Gasteiger partial charge is 0.349 e. The molecule has 0 aliphatic heterocycles. The Balaban J connectivity index is 2.00. The second-order valence-corrected chi connectivity index (χ2v) is 5.87. The number of carbonyl (C=O) groups is 1. The lowest BCUT2D eigenvalue weighted by atomic mass is 9.95. The van der Waals surface area contributed by atoms with Crippen molar-refractivity contribution in [1.29, 1.82) is 0 Å². The molecule has 122 valence electrons. The lowest BCUT2D eigenvalue weighted by molar-refractivity contribution is -0.136. The third-order valence-electron chi connectivity index (χ3n) is 4.24. The van der Waals surface area contributed by atoms with Gasteiger partial charge in [0, 0.05) is 17.6 Å². The maximum atomic E-state index is 13.5. The van der Waals surface area contributed by atoms with Gasteiger partial charge in [-0.2, -0.15) is 13.2 Å². The Morgan fingerprint density at radius 3 is 2.52 bits per heavy atom. The zero-order valence-electron chi connectivity index (χ0n) is 12.5. The van der Waals surface area contributed by atoms with E-state index in [1.54, 1.807) is 6.07 Å². The molecule has 1 heterocycles. The van der Waals surface area contributed by atoms with E-state index in [-0.39, 0.29) is 16.9 Å². The average Bonchev–Trinajstić information content (AvgIpc) is 2.53. The van der Waals surface area contributed by atoms with Gasteiger partial charge < -0.3 is 5.32 Å². The highest BCUT2D eigenvalue weighted by Gasteiger charge is 2.38. The molecule has 1 amide bonds. The number of aromatic nitrogens is 1. The highest BCUT2D eigenvalue weighted by Crippen LogP contribution is 2.36. The van der Waals surface area contributed by atoms with Gasteiger partial charge in [0.2, 0.25) is 0 Å². The number of nitrogens with zero attached hydrogens (tertiary/aromatic N) is 1. The molecule has 3 rings (SSSR count). The van der Waals surface area contributed by atoms with Gasteiger partial charge in [-0.05, 0) is 18.9 Å². The number of pyridine rings is 1. The molecule has 0 atom stereocenters. The first-order chi connectivity index (χ1) is 11.0. The highest BCUT2D eigenvalue weighted by molar-refractivity contribution is 6.00. The van der Waals surface area contributed by atoms with Gasteiger partial charge in [0.15, 0.2) is 0 Å². The number of para-hydroxylation sites is 1. The summed E-state index contributed by atoms with van der Waals surface area (Å²) in [6, 6.07) is 5.94. The number of hydrogen-bond donors (Lipinski definition) is 1. The number of rotatable bonds is 2. The molecule has 1 N–H and O–H groups in total. The van der Waals surface area contributed by atoms with Gasteiger partial charge in [0.05, 0.1) is 16.6 Å². The second kappa shape index (κ2) is 6.18. The third-order valence-corrected chi connectivity index (χ3v) is 4.24. The first-order valence-electron chi connectivity index (χ1n) is 7.72. The molecular weight excluding hydrogens is 305 g/mol. The Morgan fingerprint density at radius 1 is 1.13 bits per heavy atom. The topological polar surface area (TPSA) is 42.0 Å². The number of fused-ring (bicyclic) bond motifs is 1. The van der Waals surface area contributed by atoms with E-state index in [9.17, 15) is 18.0 Å². The van der Waals surface area contributed by atoms with E-state index in [0.717, 1.165) is 38.3 Å². The van der Waals surface area contributed by atoms with Crippen LogP contribution in [0.25, 0.3) is 10.9 Å².